The molecule has 0 bridgehead atoms. The Hall–Kier alpha value is -4.69. The van der Waals surface area contributed by atoms with E-state index in [1.165, 1.54) is 14.2 Å². The van der Waals surface area contributed by atoms with Gasteiger partial charge in [0.2, 0.25) is 5.91 Å². The average Bonchev–Trinajstić information content (AvgIpc) is 3.63. The van der Waals surface area contributed by atoms with Gasteiger partial charge in [0.15, 0.2) is 0 Å². The molecule has 1 aliphatic heterocycles. The molecule has 1 saturated carbocycles. The molecular weight excluding hydrogens is 770 g/mol. The van der Waals surface area contributed by atoms with Crippen LogP contribution in [0.15, 0.2) is 48.5 Å². The minimum absolute atomic E-state index is 0.103. The van der Waals surface area contributed by atoms with Gasteiger partial charge in [0.1, 0.15) is 28.6 Å². The summed E-state index contributed by atoms with van der Waals surface area (Å²) in [5.41, 5.74) is -1.21. The van der Waals surface area contributed by atoms with E-state index in [1.807, 2.05) is 18.2 Å². The van der Waals surface area contributed by atoms with E-state index >= 15 is 0 Å². The summed E-state index contributed by atoms with van der Waals surface area (Å²) < 4.78 is 107. The van der Waals surface area contributed by atoms with Crippen molar-refractivity contribution in [3.8, 4) is 22.6 Å². The Labute approximate surface area is 334 Å². The molecule has 318 valence electrons. The molecule has 4 atom stereocenters. The first-order valence-electron chi connectivity index (χ1n) is 19.5. The number of esters is 1. The molecule has 5 rings (SSSR count). The lowest BCUT2D eigenvalue weighted by Crippen LogP contribution is -2.55. The number of amides is 2. The van der Waals surface area contributed by atoms with Crippen LogP contribution in [0.5, 0.6) is 11.5 Å². The van der Waals surface area contributed by atoms with Crippen LogP contribution >= 0.6 is 0 Å². The van der Waals surface area contributed by atoms with Gasteiger partial charge >= 0.3 is 24.4 Å². The summed E-state index contributed by atoms with van der Waals surface area (Å²) >= 11 is 0. The number of carbonyl (C=O) groups excluding carboxylic acids is 3. The highest BCUT2D eigenvalue weighted by atomic mass is 19.4. The number of benzene rings is 3. The zero-order valence-corrected chi connectivity index (χ0v) is 33.7. The maximum absolute atomic E-state index is 14.9. The summed E-state index contributed by atoms with van der Waals surface area (Å²) in [6, 6.07) is 12.4. The fourth-order valence-corrected chi connectivity index (χ4v) is 8.49. The van der Waals surface area contributed by atoms with E-state index in [9.17, 15) is 40.7 Å². The number of methoxy groups -OCH3 is 3. The van der Waals surface area contributed by atoms with Crippen LogP contribution in [-0.4, -0.2) is 74.7 Å². The molecule has 2 aliphatic rings. The Balaban J connectivity index is 1.52. The number of fused-ring (bicyclic) bond motifs is 1. The van der Waals surface area contributed by atoms with Crippen molar-refractivity contribution < 1.29 is 59.7 Å². The lowest BCUT2D eigenvalue weighted by atomic mass is 9.72. The molecule has 0 radical (unpaired) electrons. The monoisotopic (exact) mass is 822 g/mol. The minimum atomic E-state index is -5.10. The maximum Gasteiger partial charge on any atom is 0.410 e. The number of nitrogens with one attached hydrogen (secondary N) is 1. The highest BCUT2D eigenvalue weighted by molar-refractivity contribution is 6.01. The van der Waals surface area contributed by atoms with Gasteiger partial charge in [-0.05, 0) is 92.8 Å². The van der Waals surface area contributed by atoms with Crippen LogP contribution in [0.4, 0.5) is 31.1 Å². The molecule has 1 heterocycles. The lowest BCUT2D eigenvalue weighted by Gasteiger charge is -2.38. The summed E-state index contributed by atoms with van der Waals surface area (Å²) in [4.78, 5) is 42.0. The van der Waals surface area contributed by atoms with Crippen molar-refractivity contribution >= 4 is 28.7 Å². The zero-order chi connectivity index (χ0) is 42.6. The number of nitrogens with zero attached hydrogens (tertiary/aromatic N) is 1. The summed E-state index contributed by atoms with van der Waals surface area (Å²) in [7, 11) is 4.09. The molecule has 3 aromatic rings. The fourth-order valence-electron chi connectivity index (χ4n) is 8.49. The van der Waals surface area contributed by atoms with E-state index in [4.69, 9.17) is 18.9 Å². The number of likely N-dealkylation sites (tertiary alicyclic amines) is 1. The van der Waals surface area contributed by atoms with E-state index in [-0.39, 0.29) is 31.7 Å². The Kier molecular flexibility index (Phi) is 13.5. The van der Waals surface area contributed by atoms with Gasteiger partial charge in [0.05, 0.1) is 32.9 Å². The van der Waals surface area contributed by atoms with Crippen molar-refractivity contribution in [3.05, 3.63) is 59.7 Å². The highest BCUT2D eigenvalue weighted by Crippen LogP contribution is 2.51. The van der Waals surface area contributed by atoms with E-state index in [0.29, 0.717) is 51.9 Å². The minimum Gasteiger partial charge on any atom is -0.496 e. The van der Waals surface area contributed by atoms with Crippen LogP contribution in [0.3, 0.4) is 0 Å². The summed E-state index contributed by atoms with van der Waals surface area (Å²) in [5.74, 6) is -2.58. The Morgan fingerprint density at radius 3 is 2.19 bits per heavy atom. The molecule has 58 heavy (non-hydrogen) atoms. The van der Waals surface area contributed by atoms with Gasteiger partial charge < -0.3 is 29.2 Å². The van der Waals surface area contributed by atoms with Crippen LogP contribution < -0.4 is 14.8 Å². The van der Waals surface area contributed by atoms with E-state index in [1.54, 1.807) is 56.0 Å². The second kappa shape index (κ2) is 17.7. The molecule has 0 spiro atoms. The van der Waals surface area contributed by atoms with Crippen molar-refractivity contribution in [3.63, 3.8) is 0 Å². The third-order valence-electron chi connectivity index (χ3n) is 11.3. The van der Waals surface area contributed by atoms with Gasteiger partial charge in [-0.15, -0.1) is 0 Å². The zero-order valence-electron chi connectivity index (χ0n) is 33.7. The molecule has 1 N–H and O–H groups in total. The lowest BCUT2D eigenvalue weighted by molar-refractivity contribution is -0.229. The van der Waals surface area contributed by atoms with Crippen LogP contribution in [0.1, 0.15) is 95.7 Å². The van der Waals surface area contributed by atoms with Crippen LogP contribution in [0.25, 0.3) is 21.9 Å². The number of alkyl halides is 6. The van der Waals surface area contributed by atoms with E-state index < -0.39 is 79.0 Å². The molecule has 1 saturated heterocycles. The molecule has 9 nitrogen and oxygen atoms in total. The third kappa shape index (κ3) is 9.77. The van der Waals surface area contributed by atoms with Gasteiger partial charge in [-0.25, -0.2) is 9.59 Å². The van der Waals surface area contributed by atoms with Gasteiger partial charge in [0.25, 0.3) is 0 Å². The standard InChI is InChI=1S/C43H52F6N2O7/c1-40(2,3)58-39(54)51-23-11-17-33(51)31-18-19-34(55-4)35(36(31)56-5)30-16-10-14-28-27(13-9-15-29(28)30)24-32(37(52)57-6)50-38(53)41(43(47,48)49)21-8-7-12-26(20-22-41)25-42(44,45)46/h9-10,13-16,18-19,26,32-33H,7-8,11-12,17,20-25H2,1-6H3,(H,50,53)/t26?,32-,33?,41?/m0/s1. The van der Waals surface area contributed by atoms with Crippen LogP contribution in [0.2, 0.25) is 0 Å². The molecule has 0 aromatic heterocycles. The molecule has 3 aromatic carbocycles. The molecule has 2 fully saturated rings. The first kappa shape index (κ1) is 44.4. The smallest absolute Gasteiger partial charge is 0.410 e. The second-order valence-corrected chi connectivity index (χ2v) is 16.2. The first-order chi connectivity index (χ1) is 27.2. The topological polar surface area (TPSA) is 103 Å². The predicted octanol–water partition coefficient (Wildman–Crippen LogP) is 10.3. The van der Waals surface area contributed by atoms with Crippen molar-refractivity contribution in [2.24, 2.45) is 11.3 Å². The maximum atomic E-state index is 14.9. The first-order valence-corrected chi connectivity index (χ1v) is 19.5. The molecular formula is C43H52F6N2O7. The molecule has 1 aliphatic carbocycles. The second-order valence-electron chi connectivity index (χ2n) is 16.2. The number of ether oxygens (including phenoxy) is 4. The van der Waals surface area contributed by atoms with Crippen LogP contribution in [-0.2, 0) is 25.5 Å². The Morgan fingerprint density at radius 1 is 0.845 bits per heavy atom. The number of halogens is 6. The van der Waals surface area contributed by atoms with Crippen LogP contribution in [0, 0.1) is 11.3 Å². The van der Waals surface area contributed by atoms with Crippen molar-refractivity contribution in [2.75, 3.05) is 27.9 Å². The quantitative estimate of drug-likeness (QED) is 0.160. The van der Waals surface area contributed by atoms with Crippen molar-refractivity contribution in [1.82, 2.24) is 10.2 Å². The summed E-state index contributed by atoms with van der Waals surface area (Å²) in [5, 5.41) is 3.60. The number of hydrogen-bond donors (Lipinski definition) is 1. The SMILES string of the molecule is COC(=O)[C@H](Cc1cccc2c(-c3c(OC)ccc(C4CCCN4C(=O)OC(C)(C)C)c3OC)cccc12)NC(=O)C1(C(F)(F)F)CCCCC(CC(F)(F)F)CC1. The summed E-state index contributed by atoms with van der Waals surface area (Å²) in [6.45, 7) is 5.89. The predicted molar refractivity (Wildman–Crippen MR) is 205 cm³/mol. The molecule has 2 amide bonds. The fraction of sp³-hybridized carbons (Fsp3) is 0.558. The average molecular weight is 823 g/mol. The van der Waals surface area contributed by atoms with Gasteiger partial charge in [-0.2, -0.15) is 26.3 Å². The normalized spacial score (nSPS) is 21.1. The van der Waals surface area contributed by atoms with Crippen molar-refractivity contribution in [2.45, 2.75) is 115 Å². The highest BCUT2D eigenvalue weighted by Gasteiger charge is 2.60. The molecule has 3 unspecified atom stereocenters. The Morgan fingerprint density at radius 2 is 1.55 bits per heavy atom. The van der Waals surface area contributed by atoms with Gasteiger partial charge in [-0.1, -0.05) is 55.7 Å². The number of carbonyl (C=O) groups is 3. The van der Waals surface area contributed by atoms with Gasteiger partial charge in [0, 0.05) is 24.9 Å². The largest absolute Gasteiger partial charge is 0.496 e. The number of rotatable bonds is 10. The Bertz CT molecular complexity index is 1960. The van der Waals surface area contributed by atoms with Gasteiger partial charge in [-0.3, -0.25) is 4.79 Å². The van der Waals surface area contributed by atoms with Crippen molar-refractivity contribution in [1.29, 1.82) is 0 Å². The summed E-state index contributed by atoms with van der Waals surface area (Å²) in [6.07, 6.45) is -12.0. The third-order valence-corrected chi connectivity index (χ3v) is 11.3. The van der Waals surface area contributed by atoms with E-state index in [2.05, 4.69) is 5.32 Å². The number of hydrogen-bond acceptors (Lipinski definition) is 7. The van der Waals surface area contributed by atoms with E-state index in [0.717, 1.165) is 19.1 Å². The molecule has 15 heteroatoms.